The highest BCUT2D eigenvalue weighted by molar-refractivity contribution is 7.12. The predicted molar refractivity (Wildman–Crippen MR) is 84.9 cm³/mol. The van der Waals surface area contributed by atoms with Gasteiger partial charge in [-0.05, 0) is 51.8 Å². The molecule has 0 bridgehead atoms. The zero-order chi connectivity index (χ0) is 14.0. The number of rotatable bonds is 4. The second kappa shape index (κ2) is 5.89. The van der Waals surface area contributed by atoms with Crippen molar-refractivity contribution in [1.29, 1.82) is 0 Å². The molecule has 0 fully saturated rings. The Morgan fingerprint density at radius 2 is 1.58 bits per heavy atom. The van der Waals surface area contributed by atoms with Crippen LogP contribution in [0.2, 0.25) is 0 Å². The minimum Gasteiger partial charge on any atom is -0.304 e. The summed E-state index contributed by atoms with van der Waals surface area (Å²) in [5.74, 6) is 0. The lowest BCUT2D eigenvalue weighted by molar-refractivity contribution is 0.494. The Hall–Kier alpha value is -1.12. The number of aryl methyl sites for hydroxylation is 3. The molecule has 1 N–H and O–H groups in total. The topological polar surface area (TPSA) is 12.0 Å². The van der Waals surface area contributed by atoms with E-state index in [9.17, 15) is 0 Å². The number of nitrogens with one attached hydrogen (secondary N) is 1. The molecule has 0 amide bonds. The second-order valence-electron chi connectivity index (χ2n) is 5.39. The molecule has 2 rings (SSSR count). The zero-order valence-corrected chi connectivity index (χ0v) is 13.3. The van der Waals surface area contributed by atoms with Gasteiger partial charge in [-0.1, -0.05) is 29.8 Å². The van der Waals surface area contributed by atoms with E-state index in [-0.39, 0.29) is 0 Å². The fraction of sp³-hybridized carbons (Fsp3) is 0.412. The molecule has 0 saturated heterocycles. The van der Waals surface area contributed by atoms with Crippen molar-refractivity contribution in [2.45, 2.75) is 46.7 Å². The molecular weight excluding hydrogens is 250 g/mol. The molecular formula is C17H23NS. The summed E-state index contributed by atoms with van der Waals surface area (Å²) in [7, 11) is 0. The quantitative estimate of drug-likeness (QED) is 0.818. The lowest BCUT2D eigenvalue weighted by atomic mass is 10.0. The Morgan fingerprint density at radius 3 is 2.11 bits per heavy atom. The Balaban J connectivity index is 2.08. The van der Waals surface area contributed by atoms with Crippen molar-refractivity contribution in [3.8, 4) is 0 Å². The van der Waals surface area contributed by atoms with Gasteiger partial charge in [-0.3, -0.25) is 0 Å². The van der Waals surface area contributed by atoms with Crippen LogP contribution in [-0.4, -0.2) is 0 Å². The molecule has 0 spiro atoms. The van der Waals surface area contributed by atoms with Crippen molar-refractivity contribution >= 4 is 11.3 Å². The van der Waals surface area contributed by atoms with Crippen LogP contribution < -0.4 is 5.32 Å². The van der Waals surface area contributed by atoms with E-state index in [2.05, 4.69) is 70.3 Å². The zero-order valence-electron chi connectivity index (χ0n) is 12.4. The molecule has 102 valence electrons. The molecule has 2 unspecified atom stereocenters. The molecule has 2 atom stereocenters. The maximum absolute atomic E-state index is 3.69. The molecule has 1 aromatic carbocycles. The first-order valence-electron chi connectivity index (χ1n) is 6.87. The van der Waals surface area contributed by atoms with E-state index < -0.39 is 0 Å². The normalized spacial score (nSPS) is 14.4. The summed E-state index contributed by atoms with van der Waals surface area (Å²) < 4.78 is 0. The van der Waals surface area contributed by atoms with Crippen molar-refractivity contribution in [2.24, 2.45) is 0 Å². The smallest absolute Gasteiger partial charge is 0.0308 e. The summed E-state index contributed by atoms with van der Waals surface area (Å²) in [6, 6.07) is 11.9. The van der Waals surface area contributed by atoms with Crippen LogP contribution in [0.1, 0.15) is 52.4 Å². The SMILES string of the molecule is Cc1ccc(C(C)NC(C)c2cc(C)sc2C)cc1. The molecule has 1 aromatic heterocycles. The number of hydrogen-bond donors (Lipinski definition) is 1. The van der Waals surface area contributed by atoms with Crippen LogP contribution in [0, 0.1) is 20.8 Å². The highest BCUT2D eigenvalue weighted by atomic mass is 32.1. The number of benzene rings is 1. The number of thiophene rings is 1. The minimum absolute atomic E-state index is 0.371. The van der Waals surface area contributed by atoms with Crippen molar-refractivity contribution in [3.05, 3.63) is 56.8 Å². The van der Waals surface area contributed by atoms with Crippen LogP contribution in [0.3, 0.4) is 0 Å². The van der Waals surface area contributed by atoms with E-state index in [4.69, 9.17) is 0 Å². The van der Waals surface area contributed by atoms with E-state index >= 15 is 0 Å². The highest BCUT2D eigenvalue weighted by Crippen LogP contribution is 2.28. The van der Waals surface area contributed by atoms with Crippen molar-refractivity contribution < 1.29 is 0 Å². The average Bonchev–Trinajstić information content (AvgIpc) is 2.69. The average molecular weight is 273 g/mol. The fourth-order valence-corrected chi connectivity index (χ4v) is 3.52. The first-order valence-corrected chi connectivity index (χ1v) is 7.68. The van der Waals surface area contributed by atoms with Crippen molar-refractivity contribution in [1.82, 2.24) is 5.32 Å². The molecule has 0 saturated carbocycles. The van der Waals surface area contributed by atoms with Gasteiger partial charge >= 0.3 is 0 Å². The maximum Gasteiger partial charge on any atom is 0.0308 e. The first-order chi connectivity index (χ1) is 8.97. The summed E-state index contributed by atoms with van der Waals surface area (Å²) in [6.07, 6.45) is 0. The van der Waals surface area contributed by atoms with Gasteiger partial charge in [-0.25, -0.2) is 0 Å². The van der Waals surface area contributed by atoms with Gasteiger partial charge < -0.3 is 5.32 Å². The standard InChI is InChI=1S/C17H23NS/c1-11-6-8-16(9-7-11)13(3)18-14(4)17-10-12(2)19-15(17)5/h6-10,13-14,18H,1-5H3. The van der Waals surface area contributed by atoms with Gasteiger partial charge in [0, 0.05) is 21.8 Å². The van der Waals surface area contributed by atoms with Crippen LogP contribution in [0.15, 0.2) is 30.3 Å². The van der Waals surface area contributed by atoms with Gasteiger partial charge in [0.2, 0.25) is 0 Å². The molecule has 1 nitrogen and oxygen atoms in total. The molecule has 2 heteroatoms. The van der Waals surface area contributed by atoms with E-state index in [1.54, 1.807) is 0 Å². The summed E-state index contributed by atoms with van der Waals surface area (Å²) in [4.78, 5) is 2.82. The summed E-state index contributed by atoms with van der Waals surface area (Å²) in [5, 5.41) is 3.69. The van der Waals surface area contributed by atoms with Gasteiger partial charge in [0.05, 0.1) is 0 Å². The number of hydrogen-bond acceptors (Lipinski definition) is 2. The molecule has 1 heterocycles. The molecule has 0 aliphatic rings. The van der Waals surface area contributed by atoms with Crippen LogP contribution >= 0.6 is 11.3 Å². The van der Waals surface area contributed by atoms with Gasteiger partial charge in [0.1, 0.15) is 0 Å². The van der Waals surface area contributed by atoms with Crippen LogP contribution in [0.25, 0.3) is 0 Å². The van der Waals surface area contributed by atoms with E-state index in [0.29, 0.717) is 12.1 Å². The largest absolute Gasteiger partial charge is 0.304 e. The summed E-state index contributed by atoms with van der Waals surface area (Å²) in [6.45, 7) is 11.0. The van der Waals surface area contributed by atoms with Crippen LogP contribution in [0.4, 0.5) is 0 Å². The molecule has 0 radical (unpaired) electrons. The van der Waals surface area contributed by atoms with Gasteiger partial charge in [0.25, 0.3) is 0 Å². The maximum atomic E-state index is 3.69. The third kappa shape index (κ3) is 3.46. The Morgan fingerprint density at radius 1 is 0.947 bits per heavy atom. The molecule has 19 heavy (non-hydrogen) atoms. The predicted octanol–water partition coefficient (Wildman–Crippen LogP) is 5.09. The lowest BCUT2D eigenvalue weighted by Gasteiger charge is -2.20. The van der Waals surface area contributed by atoms with Gasteiger partial charge in [-0.15, -0.1) is 11.3 Å². The van der Waals surface area contributed by atoms with Gasteiger partial charge in [0.15, 0.2) is 0 Å². The lowest BCUT2D eigenvalue weighted by Crippen LogP contribution is -2.22. The summed E-state index contributed by atoms with van der Waals surface area (Å²) in [5.41, 5.74) is 4.09. The Kier molecular flexibility index (Phi) is 4.43. The molecule has 2 aromatic rings. The monoisotopic (exact) mass is 273 g/mol. The second-order valence-corrected chi connectivity index (χ2v) is 6.85. The molecule has 0 aliphatic heterocycles. The molecule has 0 aliphatic carbocycles. The minimum atomic E-state index is 0.371. The van der Waals surface area contributed by atoms with E-state index in [1.165, 1.54) is 26.4 Å². The highest BCUT2D eigenvalue weighted by Gasteiger charge is 2.14. The third-order valence-electron chi connectivity index (χ3n) is 3.62. The van der Waals surface area contributed by atoms with E-state index in [1.807, 2.05) is 11.3 Å². The van der Waals surface area contributed by atoms with Crippen molar-refractivity contribution in [3.63, 3.8) is 0 Å². The van der Waals surface area contributed by atoms with Crippen LogP contribution in [-0.2, 0) is 0 Å². The third-order valence-corrected chi connectivity index (χ3v) is 4.60. The van der Waals surface area contributed by atoms with Gasteiger partial charge in [-0.2, -0.15) is 0 Å². The fourth-order valence-electron chi connectivity index (χ4n) is 2.50. The van der Waals surface area contributed by atoms with E-state index in [0.717, 1.165) is 0 Å². The Labute approximate surface area is 120 Å². The first kappa shape index (κ1) is 14.3. The van der Waals surface area contributed by atoms with Crippen molar-refractivity contribution in [2.75, 3.05) is 0 Å². The Bertz CT molecular complexity index is 539. The summed E-state index contributed by atoms with van der Waals surface area (Å²) >= 11 is 1.88. The van der Waals surface area contributed by atoms with Crippen LogP contribution in [0.5, 0.6) is 0 Å².